The van der Waals surface area contributed by atoms with Crippen molar-refractivity contribution < 1.29 is 9.53 Å². The summed E-state index contributed by atoms with van der Waals surface area (Å²) in [6.45, 7) is 2.78. The number of likely N-dealkylation sites (N-methyl/N-ethyl adjacent to an activating group) is 1. The molecule has 1 aliphatic rings. The molecule has 3 aromatic rings. The molecular weight excluding hydrogens is 348 g/mol. The fourth-order valence-electron chi connectivity index (χ4n) is 3.78. The smallest absolute Gasteiger partial charge is 0.337 e. The highest BCUT2D eigenvalue weighted by Crippen LogP contribution is 2.33. The van der Waals surface area contributed by atoms with Gasteiger partial charge in [0.15, 0.2) is 0 Å². The van der Waals surface area contributed by atoms with Crippen molar-refractivity contribution in [2.24, 2.45) is 0 Å². The summed E-state index contributed by atoms with van der Waals surface area (Å²) in [5.41, 5.74) is 5.71. The molecule has 0 amide bonds. The molecule has 0 saturated carbocycles. The predicted octanol–water partition coefficient (Wildman–Crippen LogP) is 4.12. The molecule has 0 fully saturated rings. The molecule has 4 nitrogen and oxygen atoms in total. The number of hydrogen-bond acceptors (Lipinski definition) is 3. The molecular formula is C21H21ClN2O2. The van der Waals surface area contributed by atoms with Crippen molar-refractivity contribution in [2.45, 2.75) is 19.5 Å². The third kappa shape index (κ3) is 3.00. The number of benzene rings is 2. The number of carbonyl (C=O) groups excluding carboxylic acids is 1. The van der Waals surface area contributed by atoms with Crippen molar-refractivity contribution in [3.05, 3.63) is 69.9 Å². The lowest BCUT2D eigenvalue weighted by molar-refractivity contribution is 0.0600. The topological polar surface area (TPSA) is 34.5 Å². The van der Waals surface area contributed by atoms with Crippen molar-refractivity contribution in [1.82, 2.24) is 9.47 Å². The van der Waals surface area contributed by atoms with E-state index in [4.69, 9.17) is 16.3 Å². The van der Waals surface area contributed by atoms with E-state index in [1.54, 1.807) is 0 Å². The Morgan fingerprint density at radius 2 is 1.96 bits per heavy atom. The number of aromatic nitrogens is 1. The number of hydrogen-bond donors (Lipinski definition) is 0. The van der Waals surface area contributed by atoms with Gasteiger partial charge in [-0.2, -0.15) is 0 Å². The van der Waals surface area contributed by atoms with E-state index in [9.17, 15) is 4.79 Å². The van der Waals surface area contributed by atoms with E-state index in [1.165, 1.54) is 29.3 Å². The van der Waals surface area contributed by atoms with Gasteiger partial charge in [0, 0.05) is 47.7 Å². The quantitative estimate of drug-likeness (QED) is 0.652. The number of nitrogens with zero attached hydrogens (tertiary/aromatic N) is 2. The van der Waals surface area contributed by atoms with E-state index in [-0.39, 0.29) is 5.97 Å². The second-order valence-corrected chi connectivity index (χ2v) is 7.29. The highest BCUT2D eigenvalue weighted by atomic mass is 35.5. The highest BCUT2D eigenvalue weighted by molar-refractivity contribution is 6.31. The van der Waals surface area contributed by atoms with Gasteiger partial charge in [-0.1, -0.05) is 23.7 Å². The number of halogens is 1. The monoisotopic (exact) mass is 368 g/mol. The van der Waals surface area contributed by atoms with Gasteiger partial charge >= 0.3 is 5.97 Å². The van der Waals surface area contributed by atoms with Gasteiger partial charge in [0.25, 0.3) is 0 Å². The fraction of sp³-hybridized carbons (Fsp3) is 0.286. The Kier molecular flexibility index (Phi) is 4.47. The Morgan fingerprint density at radius 1 is 1.19 bits per heavy atom. The van der Waals surface area contributed by atoms with Crippen LogP contribution in [0.2, 0.25) is 5.02 Å². The largest absolute Gasteiger partial charge is 0.465 e. The standard InChI is InChI=1S/C21H21ClN2O2/c1-23-10-9-20-18(13-23)17-11-16(22)7-8-19(17)24(20)12-14-3-5-15(6-4-14)21(25)26-2/h3-8,11H,9-10,12-13H2,1-2H3. The van der Waals surface area contributed by atoms with Gasteiger partial charge in [-0.15, -0.1) is 0 Å². The summed E-state index contributed by atoms with van der Waals surface area (Å²) in [4.78, 5) is 14.0. The average molecular weight is 369 g/mol. The number of fused-ring (bicyclic) bond motifs is 3. The Morgan fingerprint density at radius 3 is 2.69 bits per heavy atom. The van der Waals surface area contributed by atoms with Crippen molar-refractivity contribution >= 4 is 28.5 Å². The minimum absolute atomic E-state index is 0.307. The van der Waals surface area contributed by atoms with E-state index < -0.39 is 0 Å². The van der Waals surface area contributed by atoms with Crippen LogP contribution in [0.1, 0.15) is 27.2 Å². The highest BCUT2D eigenvalue weighted by Gasteiger charge is 2.22. The molecule has 134 valence electrons. The lowest BCUT2D eigenvalue weighted by Gasteiger charge is -2.24. The SMILES string of the molecule is COC(=O)c1ccc(Cn2c3c(c4cc(Cl)ccc42)CN(C)CC3)cc1. The van der Waals surface area contributed by atoms with E-state index >= 15 is 0 Å². The number of methoxy groups -OCH3 is 1. The second-order valence-electron chi connectivity index (χ2n) is 6.85. The number of carbonyl (C=O) groups is 1. The summed E-state index contributed by atoms with van der Waals surface area (Å²) >= 11 is 6.26. The minimum Gasteiger partial charge on any atom is -0.465 e. The molecule has 4 rings (SSSR count). The maximum atomic E-state index is 11.6. The van der Waals surface area contributed by atoms with Crippen LogP contribution in [-0.2, 0) is 24.2 Å². The Balaban J connectivity index is 1.76. The van der Waals surface area contributed by atoms with E-state index in [2.05, 4.69) is 28.6 Å². The molecule has 0 N–H and O–H groups in total. The summed E-state index contributed by atoms with van der Waals surface area (Å²) < 4.78 is 7.16. The number of esters is 1. The summed E-state index contributed by atoms with van der Waals surface area (Å²) in [6.07, 6.45) is 1.03. The third-order valence-electron chi connectivity index (χ3n) is 5.12. The van der Waals surface area contributed by atoms with Crippen LogP contribution < -0.4 is 0 Å². The first-order valence-electron chi connectivity index (χ1n) is 8.72. The van der Waals surface area contributed by atoms with Crippen LogP contribution in [0, 0.1) is 0 Å². The molecule has 2 heterocycles. The molecule has 0 radical (unpaired) electrons. The summed E-state index contributed by atoms with van der Waals surface area (Å²) in [6, 6.07) is 13.8. The van der Waals surface area contributed by atoms with Crippen LogP contribution in [0.25, 0.3) is 10.9 Å². The first-order valence-corrected chi connectivity index (χ1v) is 9.10. The van der Waals surface area contributed by atoms with E-state index in [1.807, 2.05) is 30.3 Å². The molecule has 1 aromatic heterocycles. The van der Waals surface area contributed by atoms with Crippen LogP contribution in [0.15, 0.2) is 42.5 Å². The molecule has 26 heavy (non-hydrogen) atoms. The Bertz CT molecular complexity index is 976. The van der Waals surface area contributed by atoms with E-state index in [0.717, 1.165) is 36.6 Å². The van der Waals surface area contributed by atoms with Gasteiger partial charge < -0.3 is 14.2 Å². The predicted molar refractivity (Wildman–Crippen MR) is 104 cm³/mol. The van der Waals surface area contributed by atoms with Gasteiger partial charge in [-0.25, -0.2) is 4.79 Å². The molecule has 0 spiro atoms. The lowest BCUT2D eigenvalue weighted by Crippen LogP contribution is -2.27. The fourth-order valence-corrected chi connectivity index (χ4v) is 3.96. The molecule has 0 unspecified atom stereocenters. The molecule has 5 heteroatoms. The first kappa shape index (κ1) is 17.1. The van der Waals surface area contributed by atoms with Gasteiger partial charge in [0.05, 0.1) is 12.7 Å². The Labute approximate surface area is 157 Å². The summed E-state index contributed by atoms with van der Waals surface area (Å²) in [5.74, 6) is -0.307. The van der Waals surface area contributed by atoms with Crippen LogP contribution in [0.4, 0.5) is 0 Å². The van der Waals surface area contributed by atoms with Gasteiger partial charge in [0.1, 0.15) is 0 Å². The van der Waals surface area contributed by atoms with Crippen LogP contribution in [0.5, 0.6) is 0 Å². The normalized spacial score (nSPS) is 14.4. The van der Waals surface area contributed by atoms with E-state index in [0.29, 0.717) is 5.56 Å². The number of ether oxygens (including phenoxy) is 1. The zero-order chi connectivity index (χ0) is 18.3. The molecule has 2 aromatic carbocycles. The molecule has 0 aliphatic carbocycles. The van der Waals surface area contributed by atoms with Crippen LogP contribution in [-0.4, -0.2) is 36.1 Å². The maximum Gasteiger partial charge on any atom is 0.337 e. The summed E-state index contributed by atoms with van der Waals surface area (Å²) in [7, 11) is 3.55. The average Bonchev–Trinajstić information content (AvgIpc) is 2.94. The number of rotatable bonds is 3. The van der Waals surface area contributed by atoms with Crippen molar-refractivity contribution in [1.29, 1.82) is 0 Å². The Hall–Kier alpha value is -2.30. The van der Waals surface area contributed by atoms with Crippen molar-refractivity contribution in [3.8, 4) is 0 Å². The van der Waals surface area contributed by atoms with Gasteiger partial charge in [-0.05, 0) is 48.5 Å². The minimum atomic E-state index is -0.307. The third-order valence-corrected chi connectivity index (χ3v) is 5.36. The lowest BCUT2D eigenvalue weighted by atomic mass is 10.1. The summed E-state index contributed by atoms with van der Waals surface area (Å²) in [5, 5.41) is 2.01. The van der Waals surface area contributed by atoms with Crippen molar-refractivity contribution in [2.75, 3.05) is 20.7 Å². The molecule has 0 saturated heterocycles. The maximum absolute atomic E-state index is 11.6. The zero-order valence-electron chi connectivity index (χ0n) is 15.0. The van der Waals surface area contributed by atoms with Gasteiger partial charge in [0.2, 0.25) is 0 Å². The van der Waals surface area contributed by atoms with Crippen molar-refractivity contribution in [3.63, 3.8) is 0 Å². The zero-order valence-corrected chi connectivity index (χ0v) is 15.7. The van der Waals surface area contributed by atoms with Crippen LogP contribution in [0.3, 0.4) is 0 Å². The van der Waals surface area contributed by atoms with Crippen LogP contribution >= 0.6 is 11.6 Å². The second kappa shape index (κ2) is 6.78. The molecule has 1 aliphatic heterocycles. The molecule has 0 bridgehead atoms. The first-order chi connectivity index (χ1) is 12.6. The molecule has 0 atom stereocenters. The van der Waals surface area contributed by atoms with Gasteiger partial charge in [-0.3, -0.25) is 0 Å².